The van der Waals surface area contributed by atoms with Crippen LogP contribution >= 0.6 is 39.1 Å². The highest BCUT2D eigenvalue weighted by atomic mass is 79.9. The summed E-state index contributed by atoms with van der Waals surface area (Å²) < 4.78 is 0.904. The van der Waals surface area contributed by atoms with Crippen LogP contribution in [-0.2, 0) is 0 Å². The minimum atomic E-state index is 0.528. The molecule has 0 heterocycles. The van der Waals surface area contributed by atoms with Crippen LogP contribution in [0.3, 0.4) is 0 Å². The second-order valence-corrected chi connectivity index (χ2v) is 3.80. The summed E-state index contributed by atoms with van der Waals surface area (Å²) in [6, 6.07) is 5.74. The Morgan fingerprint density at radius 1 is 1.42 bits per heavy atom. The summed E-state index contributed by atoms with van der Waals surface area (Å²) in [6.07, 6.45) is 3.84. The molecule has 12 heavy (non-hydrogen) atoms. The van der Waals surface area contributed by atoms with Crippen molar-refractivity contribution in [3.05, 3.63) is 39.3 Å². The number of halogens is 3. The largest absolute Gasteiger partial charge is 0.122 e. The number of benzene rings is 1. The molecule has 0 fully saturated rings. The molecular weight excluding hydrogens is 259 g/mol. The van der Waals surface area contributed by atoms with Crippen LogP contribution in [0.2, 0.25) is 5.02 Å². The Kier molecular flexibility index (Phi) is 4.13. The molecule has 0 amide bonds. The first-order chi connectivity index (χ1) is 5.74. The zero-order valence-electron chi connectivity index (χ0n) is 6.23. The SMILES string of the molecule is ClCC=Cc1ccc(Cl)c(Br)c1. The molecule has 0 aliphatic rings. The van der Waals surface area contributed by atoms with E-state index in [9.17, 15) is 0 Å². The lowest BCUT2D eigenvalue weighted by atomic mass is 10.2. The molecule has 0 bridgehead atoms. The number of hydrogen-bond acceptors (Lipinski definition) is 0. The van der Waals surface area contributed by atoms with E-state index >= 15 is 0 Å². The molecule has 3 heteroatoms. The zero-order valence-corrected chi connectivity index (χ0v) is 9.33. The highest BCUT2D eigenvalue weighted by Gasteiger charge is 1.95. The van der Waals surface area contributed by atoms with Crippen LogP contribution < -0.4 is 0 Å². The van der Waals surface area contributed by atoms with Gasteiger partial charge in [0.05, 0.1) is 5.02 Å². The van der Waals surface area contributed by atoms with Crippen LogP contribution in [0.4, 0.5) is 0 Å². The van der Waals surface area contributed by atoms with Gasteiger partial charge in [-0.05, 0) is 33.6 Å². The molecule has 64 valence electrons. The minimum Gasteiger partial charge on any atom is -0.122 e. The van der Waals surface area contributed by atoms with Crippen molar-refractivity contribution in [2.75, 3.05) is 5.88 Å². The Hall–Kier alpha value is 0.0200. The van der Waals surface area contributed by atoms with Crippen molar-refractivity contribution in [1.29, 1.82) is 0 Å². The fraction of sp³-hybridized carbons (Fsp3) is 0.111. The van der Waals surface area contributed by atoms with Crippen LogP contribution in [0, 0.1) is 0 Å². The number of rotatable bonds is 2. The van der Waals surface area contributed by atoms with Gasteiger partial charge in [0.1, 0.15) is 0 Å². The van der Waals surface area contributed by atoms with Crippen molar-refractivity contribution in [1.82, 2.24) is 0 Å². The van der Waals surface area contributed by atoms with Crippen molar-refractivity contribution in [3.63, 3.8) is 0 Å². The van der Waals surface area contributed by atoms with Gasteiger partial charge >= 0.3 is 0 Å². The van der Waals surface area contributed by atoms with E-state index in [2.05, 4.69) is 15.9 Å². The highest BCUT2D eigenvalue weighted by Crippen LogP contribution is 2.23. The quantitative estimate of drug-likeness (QED) is 0.698. The van der Waals surface area contributed by atoms with Gasteiger partial charge in [-0.2, -0.15) is 0 Å². The van der Waals surface area contributed by atoms with Gasteiger partial charge in [-0.25, -0.2) is 0 Å². The highest BCUT2D eigenvalue weighted by molar-refractivity contribution is 9.10. The summed E-state index contributed by atoms with van der Waals surface area (Å²) in [5.41, 5.74) is 1.09. The van der Waals surface area contributed by atoms with Crippen LogP contribution in [0.1, 0.15) is 5.56 Å². The van der Waals surface area contributed by atoms with E-state index in [0.717, 1.165) is 15.1 Å². The third-order valence-corrected chi connectivity index (χ3v) is 2.74. The maximum Gasteiger partial charge on any atom is 0.0548 e. The molecular formula is C9H7BrCl2. The average Bonchev–Trinajstić information content (AvgIpc) is 2.07. The van der Waals surface area contributed by atoms with E-state index in [-0.39, 0.29) is 0 Å². The Labute approximate surface area is 90.3 Å². The van der Waals surface area contributed by atoms with Gasteiger partial charge in [-0.1, -0.05) is 29.8 Å². The molecule has 0 nitrogen and oxygen atoms in total. The molecule has 0 aliphatic carbocycles. The van der Waals surface area contributed by atoms with E-state index in [1.54, 1.807) is 0 Å². The first-order valence-corrected chi connectivity index (χ1v) is 5.12. The molecule has 0 saturated heterocycles. The molecule has 1 rings (SSSR count). The summed E-state index contributed by atoms with van der Waals surface area (Å²) in [5.74, 6) is 0.528. The van der Waals surface area contributed by atoms with Gasteiger partial charge in [0.15, 0.2) is 0 Å². The third-order valence-electron chi connectivity index (χ3n) is 1.34. The van der Waals surface area contributed by atoms with Crippen molar-refractivity contribution in [3.8, 4) is 0 Å². The number of alkyl halides is 1. The summed E-state index contributed by atoms with van der Waals surface area (Å²) in [4.78, 5) is 0. The predicted molar refractivity (Wildman–Crippen MR) is 58.9 cm³/mol. The first kappa shape index (κ1) is 10.1. The third kappa shape index (κ3) is 2.81. The van der Waals surface area contributed by atoms with Gasteiger partial charge < -0.3 is 0 Å². The van der Waals surface area contributed by atoms with Crippen molar-refractivity contribution >= 4 is 45.2 Å². The Bertz CT molecular complexity index is 295. The fourth-order valence-corrected chi connectivity index (χ4v) is 1.40. The van der Waals surface area contributed by atoms with Crippen molar-refractivity contribution < 1.29 is 0 Å². The zero-order chi connectivity index (χ0) is 8.97. The standard InChI is InChI=1S/C9H7BrCl2/c10-8-6-7(2-1-5-11)3-4-9(8)12/h1-4,6H,5H2. The molecule has 0 N–H and O–H groups in total. The maximum absolute atomic E-state index is 5.82. The van der Waals surface area contributed by atoms with Crippen LogP contribution in [0.25, 0.3) is 6.08 Å². The Morgan fingerprint density at radius 3 is 2.75 bits per heavy atom. The van der Waals surface area contributed by atoms with Crippen LogP contribution in [0.5, 0.6) is 0 Å². The summed E-state index contributed by atoms with van der Waals surface area (Å²) in [5, 5.41) is 0.720. The van der Waals surface area contributed by atoms with Gasteiger partial charge in [-0.15, -0.1) is 11.6 Å². The molecule has 0 aromatic heterocycles. The van der Waals surface area contributed by atoms with Gasteiger partial charge in [-0.3, -0.25) is 0 Å². The monoisotopic (exact) mass is 264 g/mol. The Morgan fingerprint density at radius 2 is 2.17 bits per heavy atom. The lowest BCUT2D eigenvalue weighted by Gasteiger charge is -1.96. The summed E-state index contributed by atoms with van der Waals surface area (Å²) in [7, 11) is 0. The molecule has 1 aromatic carbocycles. The van der Waals surface area contributed by atoms with E-state index < -0.39 is 0 Å². The fourth-order valence-electron chi connectivity index (χ4n) is 0.797. The van der Waals surface area contributed by atoms with Crippen LogP contribution in [0.15, 0.2) is 28.7 Å². The average molecular weight is 266 g/mol. The second kappa shape index (κ2) is 4.90. The summed E-state index contributed by atoms with van der Waals surface area (Å²) >= 11 is 14.7. The van der Waals surface area contributed by atoms with E-state index in [0.29, 0.717) is 5.88 Å². The molecule has 0 radical (unpaired) electrons. The topological polar surface area (TPSA) is 0 Å². The Balaban J connectivity index is 2.89. The maximum atomic E-state index is 5.82. The molecule has 0 unspecified atom stereocenters. The number of allylic oxidation sites excluding steroid dienone is 1. The van der Waals surface area contributed by atoms with Gasteiger partial charge in [0.25, 0.3) is 0 Å². The minimum absolute atomic E-state index is 0.528. The molecule has 0 spiro atoms. The van der Waals surface area contributed by atoms with E-state index in [4.69, 9.17) is 23.2 Å². The molecule has 0 saturated carbocycles. The lowest BCUT2D eigenvalue weighted by Crippen LogP contribution is -1.73. The van der Waals surface area contributed by atoms with Gasteiger partial charge in [0, 0.05) is 10.4 Å². The molecule has 0 atom stereocenters. The van der Waals surface area contributed by atoms with E-state index in [1.807, 2.05) is 30.4 Å². The normalized spacial score (nSPS) is 10.9. The smallest absolute Gasteiger partial charge is 0.0548 e. The van der Waals surface area contributed by atoms with Crippen LogP contribution in [-0.4, -0.2) is 5.88 Å². The number of hydrogen-bond donors (Lipinski definition) is 0. The van der Waals surface area contributed by atoms with Crippen molar-refractivity contribution in [2.24, 2.45) is 0 Å². The summed E-state index contributed by atoms with van der Waals surface area (Å²) in [6.45, 7) is 0. The lowest BCUT2D eigenvalue weighted by molar-refractivity contribution is 1.60. The van der Waals surface area contributed by atoms with E-state index in [1.165, 1.54) is 0 Å². The predicted octanol–water partition coefficient (Wildman–Crippen LogP) is 4.35. The molecule has 1 aromatic rings. The first-order valence-electron chi connectivity index (χ1n) is 3.41. The second-order valence-electron chi connectivity index (χ2n) is 2.23. The molecule has 0 aliphatic heterocycles. The van der Waals surface area contributed by atoms with Gasteiger partial charge in [0.2, 0.25) is 0 Å². The van der Waals surface area contributed by atoms with Crippen molar-refractivity contribution in [2.45, 2.75) is 0 Å².